The number of anilines is 1. The summed E-state index contributed by atoms with van der Waals surface area (Å²) >= 11 is 0. The topological polar surface area (TPSA) is 49.3 Å². The predicted molar refractivity (Wildman–Crippen MR) is 67.2 cm³/mol. The smallest absolute Gasteiger partial charge is 0.261 e. The van der Waals surface area contributed by atoms with Gasteiger partial charge in [-0.25, -0.2) is 8.78 Å². The van der Waals surface area contributed by atoms with E-state index < -0.39 is 23.1 Å². The molecule has 0 saturated carbocycles. The average Bonchev–Trinajstić information content (AvgIpc) is 2.34. The summed E-state index contributed by atoms with van der Waals surface area (Å²) in [6.45, 7) is 1.44. The van der Waals surface area contributed by atoms with Gasteiger partial charge in [0.15, 0.2) is 0 Å². The van der Waals surface area contributed by atoms with Crippen LogP contribution < -0.4 is 5.32 Å². The van der Waals surface area contributed by atoms with Crippen LogP contribution in [0.25, 0.3) is 0 Å². The molecule has 98 valence electrons. The molecule has 3 nitrogen and oxygen atoms in total. The molecule has 0 aromatic heterocycles. The summed E-state index contributed by atoms with van der Waals surface area (Å²) in [4.78, 5) is 11.8. The zero-order chi connectivity index (χ0) is 14.0. The Morgan fingerprint density at radius 1 is 1.21 bits per heavy atom. The van der Waals surface area contributed by atoms with Gasteiger partial charge in [0.25, 0.3) is 5.91 Å². The van der Waals surface area contributed by atoms with Crippen LogP contribution in [0.4, 0.5) is 14.5 Å². The predicted octanol–water partition coefficient (Wildman–Crippen LogP) is 3.23. The van der Waals surface area contributed by atoms with Gasteiger partial charge >= 0.3 is 0 Å². The fourth-order valence-electron chi connectivity index (χ4n) is 1.64. The minimum Gasteiger partial charge on any atom is -0.508 e. The first-order valence-electron chi connectivity index (χ1n) is 5.54. The molecular formula is C14H11F2NO2. The molecule has 1 amide bonds. The molecule has 0 atom stereocenters. The minimum absolute atomic E-state index is 0.0528. The van der Waals surface area contributed by atoms with Gasteiger partial charge in [-0.3, -0.25) is 4.79 Å². The van der Waals surface area contributed by atoms with E-state index in [0.717, 1.165) is 6.07 Å². The van der Waals surface area contributed by atoms with Crippen LogP contribution in [0.2, 0.25) is 0 Å². The van der Waals surface area contributed by atoms with Gasteiger partial charge in [-0.2, -0.15) is 0 Å². The SMILES string of the molecule is Cc1ccc(F)c(C(=O)Nc2cccc(O)c2)c1F. The number of benzene rings is 2. The lowest BCUT2D eigenvalue weighted by Crippen LogP contribution is -2.16. The van der Waals surface area contributed by atoms with E-state index in [-0.39, 0.29) is 17.0 Å². The number of aromatic hydroxyl groups is 1. The molecule has 0 heterocycles. The maximum absolute atomic E-state index is 13.7. The average molecular weight is 263 g/mol. The van der Waals surface area contributed by atoms with Gasteiger partial charge < -0.3 is 10.4 Å². The summed E-state index contributed by atoms with van der Waals surface area (Å²) in [5.41, 5.74) is -0.198. The Labute approximate surface area is 108 Å². The Bertz CT molecular complexity index is 641. The maximum Gasteiger partial charge on any atom is 0.261 e. The molecule has 2 N–H and O–H groups in total. The first-order chi connectivity index (χ1) is 8.99. The van der Waals surface area contributed by atoms with E-state index in [1.807, 2.05) is 0 Å². The molecule has 0 unspecified atom stereocenters. The second kappa shape index (κ2) is 5.06. The Hall–Kier alpha value is -2.43. The highest BCUT2D eigenvalue weighted by Crippen LogP contribution is 2.20. The van der Waals surface area contributed by atoms with Crippen LogP contribution in [-0.2, 0) is 0 Å². The molecule has 0 radical (unpaired) electrons. The van der Waals surface area contributed by atoms with Crippen molar-refractivity contribution >= 4 is 11.6 Å². The van der Waals surface area contributed by atoms with Crippen LogP contribution in [0.3, 0.4) is 0 Å². The second-order valence-corrected chi connectivity index (χ2v) is 4.06. The van der Waals surface area contributed by atoms with Gasteiger partial charge in [-0.1, -0.05) is 12.1 Å². The Kier molecular flexibility index (Phi) is 3.46. The number of hydrogen-bond acceptors (Lipinski definition) is 2. The van der Waals surface area contributed by atoms with Gasteiger partial charge in [0.05, 0.1) is 0 Å². The summed E-state index contributed by atoms with van der Waals surface area (Å²) in [6, 6.07) is 8.01. The summed E-state index contributed by atoms with van der Waals surface area (Å²) < 4.78 is 27.3. The second-order valence-electron chi connectivity index (χ2n) is 4.06. The van der Waals surface area contributed by atoms with E-state index in [1.165, 1.54) is 37.3 Å². The van der Waals surface area contributed by atoms with E-state index in [1.54, 1.807) is 0 Å². The van der Waals surface area contributed by atoms with Crippen molar-refractivity contribution in [2.75, 3.05) is 5.32 Å². The van der Waals surface area contributed by atoms with Crippen molar-refractivity contribution < 1.29 is 18.7 Å². The highest BCUT2D eigenvalue weighted by molar-refractivity contribution is 6.04. The van der Waals surface area contributed by atoms with Crippen LogP contribution >= 0.6 is 0 Å². The van der Waals surface area contributed by atoms with E-state index >= 15 is 0 Å². The molecule has 0 fully saturated rings. The lowest BCUT2D eigenvalue weighted by atomic mass is 10.1. The number of halogens is 2. The van der Waals surface area contributed by atoms with Crippen LogP contribution in [-0.4, -0.2) is 11.0 Å². The molecule has 2 aromatic rings. The largest absolute Gasteiger partial charge is 0.508 e. The number of phenols is 1. The van der Waals surface area contributed by atoms with Gasteiger partial charge in [0, 0.05) is 11.8 Å². The molecule has 0 aliphatic carbocycles. The molecule has 19 heavy (non-hydrogen) atoms. The van der Waals surface area contributed by atoms with Crippen LogP contribution in [0.15, 0.2) is 36.4 Å². The maximum atomic E-state index is 13.7. The summed E-state index contributed by atoms with van der Waals surface area (Å²) in [6.07, 6.45) is 0. The number of carbonyl (C=O) groups is 1. The molecule has 0 aliphatic heterocycles. The van der Waals surface area contributed by atoms with Crippen molar-refractivity contribution in [3.63, 3.8) is 0 Å². The third-order valence-electron chi connectivity index (χ3n) is 2.62. The molecule has 0 bridgehead atoms. The van der Waals surface area contributed by atoms with E-state index in [9.17, 15) is 18.7 Å². The minimum atomic E-state index is -0.930. The summed E-state index contributed by atoms with van der Waals surface area (Å²) in [5.74, 6) is -2.77. The van der Waals surface area contributed by atoms with E-state index in [2.05, 4.69) is 5.32 Å². The van der Waals surface area contributed by atoms with Gasteiger partial charge in [0.2, 0.25) is 0 Å². The normalized spacial score (nSPS) is 10.3. The number of amides is 1. The quantitative estimate of drug-likeness (QED) is 0.873. The number of aryl methyl sites for hydroxylation is 1. The van der Waals surface area contributed by atoms with Crippen molar-refractivity contribution in [3.05, 3.63) is 59.2 Å². The van der Waals surface area contributed by atoms with Crippen molar-refractivity contribution in [1.82, 2.24) is 0 Å². The third-order valence-corrected chi connectivity index (χ3v) is 2.62. The lowest BCUT2D eigenvalue weighted by Gasteiger charge is -2.08. The van der Waals surface area contributed by atoms with Gasteiger partial charge in [0.1, 0.15) is 22.9 Å². The van der Waals surface area contributed by atoms with Gasteiger partial charge in [-0.15, -0.1) is 0 Å². The van der Waals surface area contributed by atoms with E-state index in [4.69, 9.17) is 0 Å². The molecule has 0 aliphatic rings. The van der Waals surface area contributed by atoms with Crippen molar-refractivity contribution in [1.29, 1.82) is 0 Å². The summed E-state index contributed by atoms with van der Waals surface area (Å²) in [5, 5.41) is 11.6. The number of nitrogens with one attached hydrogen (secondary N) is 1. The number of rotatable bonds is 2. The Morgan fingerprint density at radius 2 is 1.95 bits per heavy atom. The number of phenolic OH excluding ortho intramolecular Hbond substituents is 1. The molecule has 2 rings (SSSR count). The van der Waals surface area contributed by atoms with Crippen LogP contribution in [0.5, 0.6) is 5.75 Å². The number of carbonyl (C=O) groups excluding carboxylic acids is 1. The monoisotopic (exact) mass is 263 g/mol. The first-order valence-corrected chi connectivity index (χ1v) is 5.54. The van der Waals surface area contributed by atoms with Crippen molar-refractivity contribution in [3.8, 4) is 5.75 Å². The van der Waals surface area contributed by atoms with Gasteiger partial charge in [-0.05, 0) is 30.7 Å². The standard InChI is InChI=1S/C14H11F2NO2/c1-8-5-6-11(15)12(13(8)16)14(19)17-9-3-2-4-10(18)7-9/h2-7,18H,1H3,(H,17,19). The Balaban J connectivity index is 2.33. The highest BCUT2D eigenvalue weighted by Gasteiger charge is 2.19. The van der Waals surface area contributed by atoms with Crippen molar-refractivity contribution in [2.24, 2.45) is 0 Å². The molecular weight excluding hydrogens is 252 g/mol. The zero-order valence-electron chi connectivity index (χ0n) is 10.1. The molecule has 2 aromatic carbocycles. The number of hydrogen-bond donors (Lipinski definition) is 2. The van der Waals surface area contributed by atoms with Crippen molar-refractivity contribution in [2.45, 2.75) is 6.92 Å². The lowest BCUT2D eigenvalue weighted by molar-refractivity contribution is 0.101. The Morgan fingerprint density at radius 3 is 2.63 bits per heavy atom. The zero-order valence-corrected chi connectivity index (χ0v) is 10.1. The molecule has 0 saturated heterocycles. The summed E-state index contributed by atoms with van der Waals surface area (Å²) in [7, 11) is 0. The third kappa shape index (κ3) is 2.70. The van der Waals surface area contributed by atoms with Crippen LogP contribution in [0, 0.1) is 18.6 Å². The molecule has 5 heteroatoms. The van der Waals surface area contributed by atoms with Crippen LogP contribution in [0.1, 0.15) is 15.9 Å². The first kappa shape index (κ1) is 13.0. The highest BCUT2D eigenvalue weighted by atomic mass is 19.1. The molecule has 0 spiro atoms. The fourth-order valence-corrected chi connectivity index (χ4v) is 1.64. The van der Waals surface area contributed by atoms with E-state index in [0.29, 0.717) is 0 Å². The fraction of sp³-hybridized carbons (Fsp3) is 0.0714.